The Balaban J connectivity index is 0.762. The summed E-state index contributed by atoms with van der Waals surface area (Å²) in [6.07, 6.45) is 8.31. The van der Waals surface area contributed by atoms with E-state index in [1.54, 1.807) is 0 Å². The summed E-state index contributed by atoms with van der Waals surface area (Å²) in [6, 6.07) is 20.1. The number of piperidine rings is 4. The highest BCUT2D eigenvalue weighted by Gasteiger charge is 2.44. The summed E-state index contributed by atoms with van der Waals surface area (Å²) < 4.78 is 0. The molecular weight excluding hydrogens is 726 g/mol. The van der Waals surface area contributed by atoms with E-state index in [1.165, 1.54) is 5.56 Å². The number of nitrogens with one attached hydrogen (secondary N) is 2. The normalized spacial score (nSPS) is 23.6. The van der Waals surface area contributed by atoms with Gasteiger partial charge in [0.15, 0.2) is 11.5 Å². The Labute approximate surface area is 334 Å². The van der Waals surface area contributed by atoms with E-state index in [1.807, 2.05) is 41.3 Å². The Morgan fingerprint density at radius 2 is 1.75 bits per heavy atom. The number of hydrogen-bond acceptors (Lipinski definition) is 10. The molecule has 8 rings (SSSR count). The molecule has 56 heavy (non-hydrogen) atoms. The van der Waals surface area contributed by atoms with Gasteiger partial charge in [-0.2, -0.15) is 5.26 Å². The lowest BCUT2D eigenvalue weighted by atomic mass is 9.77. The predicted octanol–water partition coefficient (Wildman–Crippen LogP) is 5.84. The maximum atomic E-state index is 13.5. The summed E-state index contributed by atoms with van der Waals surface area (Å²) in [5, 5.41) is 24.5. The van der Waals surface area contributed by atoms with Crippen molar-refractivity contribution in [1.82, 2.24) is 25.3 Å². The number of likely N-dealkylation sites (tertiary alicyclic amines) is 2. The summed E-state index contributed by atoms with van der Waals surface area (Å²) in [5.41, 5.74) is 4.46. The quantitative estimate of drug-likeness (QED) is 0.269. The first kappa shape index (κ1) is 38.2. The van der Waals surface area contributed by atoms with Crippen LogP contribution >= 0.6 is 11.6 Å². The fourth-order valence-corrected chi connectivity index (χ4v) is 10.0. The third-order valence-electron chi connectivity index (χ3n) is 13.1. The third-order valence-corrected chi connectivity index (χ3v) is 13.4. The zero-order valence-corrected chi connectivity index (χ0v) is 33.0. The number of halogens is 1. The maximum Gasteiger partial charge on any atom is 0.274 e. The van der Waals surface area contributed by atoms with Crippen LogP contribution in [0.2, 0.25) is 5.02 Å². The van der Waals surface area contributed by atoms with Crippen molar-refractivity contribution in [2.45, 2.75) is 82.7 Å². The summed E-state index contributed by atoms with van der Waals surface area (Å²) in [6.45, 7) is 9.72. The van der Waals surface area contributed by atoms with Gasteiger partial charge in [-0.05, 0) is 137 Å². The van der Waals surface area contributed by atoms with Crippen LogP contribution in [0.4, 0.5) is 17.2 Å². The standard InChI is InChI=1S/C43H52ClN9O3/c1-29-25-43(28-53(29)35-6-5-33(26-45)36(44)24-35)15-21-51(22-16-43)39-9-7-38(48-49-39)42(56)52-19-11-30(12-20-52)27-50-17-13-31(14-18-50)32-3-2-4-34(23-32)46-37-8-10-40(54)47-41(37)55/h2-7,9,23-24,29-31,37,46H,8,10-22,25,27-28H2,1H3,(H,47,54,55)/t29-,37-/m1/s1. The molecule has 5 aliphatic heterocycles. The second-order valence-corrected chi connectivity index (χ2v) is 17.2. The van der Waals surface area contributed by atoms with Crippen LogP contribution in [-0.4, -0.2) is 102 Å². The second-order valence-electron chi connectivity index (χ2n) is 16.8. The molecule has 0 bridgehead atoms. The molecule has 5 aliphatic rings. The van der Waals surface area contributed by atoms with Crippen molar-refractivity contribution < 1.29 is 14.4 Å². The molecule has 5 saturated heterocycles. The van der Waals surface area contributed by atoms with Crippen LogP contribution in [-0.2, 0) is 9.59 Å². The molecule has 3 amide bonds. The van der Waals surface area contributed by atoms with Crippen LogP contribution in [0, 0.1) is 22.7 Å². The molecule has 13 heteroatoms. The molecule has 2 N–H and O–H groups in total. The Hall–Kier alpha value is -4.73. The number of hydrogen-bond donors (Lipinski definition) is 2. The SMILES string of the molecule is C[C@@H]1CC2(CCN(c3ccc(C(=O)N4CCC(CN5CCC(c6cccc(N[C@@H]7CCC(=O)NC7=O)c6)CC5)CC4)nn3)CC2)CN1c1ccc(C#N)c(Cl)c1. The molecule has 2 aromatic carbocycles. The summed E-state index contributed by atoms with van der Waals surface area (Å²) in [5.74, 6) is 1.41. The topological polar surface area (TPSA) is 138 Å². The van der Waals surface area contributed by atoms with Crippen molar-refractivity contribution in [2.24, 2.45) is 11.3 Å². The highest BCUT2D eigenvalue weighted by Crippen LogP contribution is 2.46. The van der Waals surface area contributed by atoms with Gasteiger partial charge in [0.1, 0.15) is 12.1 Å². The minimum Gasteiger partial charge on any atom is -0.374 e. The number of nitrogens with zero attached hydrogens (tertiary/aromatic N) is 7. The number of amides is 3. The number of benzene rings is 2. The lowest BCUT2D eigenvalue weighted by Gasteiger charge is -2.39. The van der Waals surface area contributed by atoms with Gasteiger partial charge in [-0.1, -0.05) is 23.7 Å². The van der Waals surface area contributed by atoms with Gasteiger partial charge in [-0.15, -0.1) is 10.2 Å². The molecule has 3 aromatic rings. The van der Waals surface area contributed by atoms with Crippen molar-refractivity contribution in [1.29, 1.82) is 5.26 Å². The second kappa shape index (κ2) is 16.4. The fraction of sp³-hybridized carbons (Fsp3) is 0.535. The number of nitriles is 1. The number of carbonyl (C=O) groups excluding carboxylic acids is 3. The van der Waals surface area contributed by atoms with Gasteiger partial charge in [-0.3, -0.25) is 19.7 Å². The van der Waals surface area contributed by atoms with E-state index in [0.29, 0.717) is 47.0 Å². The van der Waals surface area contributed by atoms with Gasteiger partial charge in [0.2, 0.25) is 11.8 Å². The largest absolute Gasteiger partial charge is 0.374 e. The van der Waals surface area contributed by atoms with Gasteiger partial charge in [0.25, 0.3) is 5.91 Å². The Bertz CT molecular complexity index is 1960. The zero-order chi connectivity index (χ0) is 38.8. The molecule has 1 aromatic heterocycles. The molecule has 0 saturated carbocycles. The minimum atomic E-state index is -0.377. The van der Waals surface area contributed by atoms with Crippen LogP contribution in [0.3, 0.4) is 0 Å². The van der Waals surface area contributed by atoms with E-state index in [2.05, 4.69) is 66.7 Å². The van der Waals surface area contributed by atoms with Crippen LogP contribution in [0.5, 0.6) is 0 Å². The van der Waals surface area contributed by atoms with E-state index < -0.39 is 0 Å². The molecular formula is C43H52ClN9O3. The van der Waals surface area contributed by atoms with Crippen molar-refractivity contribution in [3.05, 3.63) is 76.4 Å². The van der Waals surface area contributed by atoms with Gasteiger partial charge in [0.05, 0.1) is 10.6 Å². The van der Waals surface area contributed by atoms with Crippen LogP contribution in [0.25, 0.3) is 0 Å². The average molecular weight is 778 g/mol. The summed E-state index contributed by atoms with van der Waals surface area (Å²) in [4.78, 5) is 46.5. The smallest absolute Gasteiger partial charge is 0.274 e. The average Bonchev–Trinajstić information content (AvgIpc) is 3.54. The molecule has 1 spiro atoms. The highest BCUT2D eigenvalue weighted by molar-refractivity contribution is 6.32. The molecule has 6 heterocycles. The molecule has 0 unspecified atom stereocenters. The number of anilines is 3. The van der Waals surface area contributed by atoms with Crippen molar-refractivity contribution in [3.8, 4) is 6.07 Å². The first-order chi connectivity index (χ1) is 27.1. The molecule has 0 radical (unpaired) electrons. The molecule has 0 aliphatic carbocycles. The zero-order valence-electron chi connectivity index (χ0n) is 32.3. The predicted molar refractivity (Wildman–Crippen MR) is 217 cm³/mol. The number of aromatic nitrogens is 2. The lowest BCUT2D eigenvalue weighted by Crippen LogP contribution is -2.47. The first-order valence-corrected chi connectivity index (χ1v) is 20.8. The summed E-state index contributed by atoms with van der Waals surface area (Å²) in [7, 11) is 0. The van der Waals surface area contributed by atoms with Crippen LogP contribution in [0.15, 0.2) is 54.6 Å². The van der Waals surface area contributed by atoms with E-state index in [0.717, 1.165) is 114 Å². The summed E-state index contributed by atoms with van der Waals surface area (Å²) >= 11 is 6.37. The monoisotopic (exact) mass is 777 g/mol. The van der Waals surface area contributed by atoms with Crippen LogP contribution < -0.4 is 20.4 Å². The van der Waals surface area contributed by atoms with E-state index in [-0.39, 0.29) is 29.2 Å². The number of carbonyl (C=O) groups is 3. The van der Waals surface area contributed by atoms with E-state index in [4.69, 9.17) is 11.6 Å². The Morgan fingerprint density at radius 1 is 0.964 bits per heavy atom. The molecule has 12 nitrogen and oxygen atoms in total. The minimum absolute atomic E-state index is 0.0295. The first-order valence-electron chi connectivity index (χ1n) is 20.4. The van der Waals surface area contributed by atoms with Gasteiger partial charge in [-0.25, -0.2) is 0 Å². The third kappa shape index (κ3) is 8.35. The van der Waals surface area contributed by atoms with Gasteiger partial charge >= 0.3 is 0 Å². The molecule has 294 valence electrons. The van der Waals surface area contributed by atoms with Crippen molar-refractivity contribution in [3.63, 3.8) is 0 Å². The van der Waals surface area contributed by atoms with Crippen molar-refractivity contribution in [2.75, 3.05) is 67.5 Å². The maximum absolute atomic E-state index is 13.5. The fourth-order valence-electron chi connectivity index (χ4n) is 9.83. The Kier molecular flexibility index (Phi) is 11.2. The van der Waals surface area contributed by atoms with E-state index in [9.17, 15) is 19.6 Å². The highest BCUT2D eigenvalue weighted by atomic mass is 35.5. The molecule has 2 atom stereocenters. The van der Waals surface area contributed by atoms with Crippen molar-refractivity contribution >= 4 is 46.5 Å². The Morgan fingerprint density at radius 3 is 2.45 bits per heavy atom. The number of rotatable bonds is 8. The van der Waals surface area contributed by atoms with Crippen LogP contribution in [0.1, 0.15) is 92.2 Å². The van der Waals surface area contributed by atoms with Gasteiger partial charge in [0, 0.05) is 63.1 Å². The van der Waals surface area contributed by atoms with E-state index >= 15 is 0 Å². The molecule has 5 fully saturated rings. The van der Waals surface area contributed by atoms with Gasteiger partial charge < -0.3 is 24.9 Å². The lowest BCUT2D eigenvalue weighted by molar-refractivity contribution is -0.133. The number of imide groups is 1.